The second-order valence-electron chi connectivity index (χ2n) is 4.37. The average molecular weight is 316 g/mol. The van der Waals surface area contributed by atoms with E-state index in [1.54, 1.807) is 23.3 Å². The van der Waals surface area contributed by atoms with Crippen molar-refractivity contribution in [1.82, 2.24) is 14.3 Å². The summed E-state index contributed by atoms with van der Waals surface area (Å²) < 4.78 is 54.6. The molecule has 0 bridgehead atoms. The van der Waals surface area contributed by atoms with Crippen molar-refractivity contribution >= 4 is 15.7 Å². The van der Waals surface area contributed by atoms with Crippen molar-refractivity contribution in [2.45, 2.75) is 17.9 Å². The fourth-order valence-electron chi connectivity index (χ4n) is 1.74. The third-order valence-corrected chi connectivity index (χ3v) is 4.21. The summed E-state index contributed by atoms with van der Waals surface area (Å²) in [4.78, 5) is 3.06. The van der Waals surface area contributed by atoms with Gasteiger partial charge in [-0.05, 0) is 18.6 Å². The van der Waals surface area contributed by atoms with Crippen molar-refractivity contribution in [2.75, 3.05) is 12.3 Å². The summed E-state index contributed by atoms with van der Waals surface area (Å²) in [5.74, 6) is -2.74. The Morgan fingerprint density at radius 2 is 2.10 bits per heavy atom. The summed E-state index contributed by atoms with van der Waals surface area (Å²) in [6, 6.07) is 1.62. The number of aryl methyl sites for hydroxylation is 1. The lowest BCUT2D eigenvalue weighted by Crippen LogP contribution is -2.26. The number of aromatic nitrogens is 2. The van der Waals surface area contributed by atoms with E-state index in [0.29, 0.717) is 13.0 Å². The number of imidazole rings is 1. The van der Waals surface area contributed by atoms with Crippen molar-refractivity contribution in [3.63, 3.8) is 0 Å². The maximum absolute atomic E-state index is 13.5. The van der Waals surface area contributed by atoms with Crippen LogP contribution in [0.15, 0.2) is 35.7 Å². The molecule has 0 radical (unpaired) electrons. The highest BCUT2D eigenvalue weighted by Gasteiger charge is 2.22. The Balaban J connectivity index is 2.02. The summed E-state index contributed by atoms with van der Waals surface area (Å²) in [7, 11) is -4.15. The molecule has 0 fully saturated rings. The van der Waals surface area contributed by atoms with Gasteiger partial charge >= 0.3 is 0 Å². The minimum Gasteiger partial charge on any atom is -0.399 e. The van der Waals surface area contributed by atoms with E-state index in [9.17, 15) is 17.2 Å². The smallest absolute Gasteiger partial charge is 0.243 e. The molecule has 1 aromatic carbocycles. The highest BCUT2D eigenvalue weighted by atomic mass is 32.2. The molecule has 2 aromatic rings. The summed E-state index contributed by atoms with van der Waals surface area (Å²) in [6.45, 7) is 0.632. The van der Waals surface area contributed by atoms with Crippen LogP contribution in [-0.2, 0) is 16.6 Å². The highest BCUT2D eigenvalue weighted by molar-refractivity contribution is 7.89. The van der Waals surface area contributed by atoms with Crippen LogP contribution in [-0.4, -0.2) is 24.5 Å². The Hall–Kier alpha value is -2.00. The molecule has 0 saturated carbocycles. The van der Waals surface area contributed by atoms with E-state index in [0.717, 1.165) is 12.1 Å². The molecule has 1 aromatic heterocycles. The number of sulfonamides is 1. The van der Waals surface area contributed by atoms with E-state index in [4.69, 9.17) is 5.73 Å². The van der Waals surface area contributed by atoms with Gasteiger partial charge < -0.3 is 10.3 Å². The van der Waals surface area contributed by atoms with Crippen molar-refractivity contribution in [3.05, 3.63) is 42.5 Å². The van der Waals surface area contributed by atoms with E-state index < -0.39 is 26.6 Å². The number of hydrogen-bond donors (Lipinski definition) is 2. The molecule has 0 spiro atoms. The van der Waals surface area contributed by atoms with Crippen LogP contribution >= 0.6 is 0 Å². The van der Waals surface area contributed by atoms with Crippen LogP contribution in [0.2, 0.25) is 0 Å². The normalized spacial score (nSPS) is 11.7. The zero-order valence-corrected chi connectivity index (χ0v) is 11.8. The number of nitrogens with one attached hydrogen (secondary N) is 1. The van der Waals surface area contributed by atoms with Crippen LogP contribution in [0, 0.1) is 11.6 Å². The molecule has 0 atom stereocenters. The standard InChI is InChI=1S/C12H14F2N4O2S/c13-10-6-9(15)7-11(12(10)14)21(19,20)17-2-1-4-18-5-3-16-8-18/h3,5-8,17H,1-2,4,15H2. The van der Waals surface area contributed by atoms with Gasteiger partial charge in [-0.1, -0.05) is 0 Å². The number of nitrogen functional groups attached to an aromatic ring is 1. The first-order chi connectivity index (χ1) is 9.90. The van der Waals surface area contributed by atoms with Crippen LogP contribution in [0.5, 0.6) is 0 Å². The molecule has 0 aliphatic heterocycles. The van der Waals surface area contributed by atoms with Crippen molar-refractivity contribution in [1.29, 1.82) is 0 Å². The predicted octanol–water partition coefficient (Wildman–Crippen LogP) is 1.11. The van der Waals surface area contributed by atoms with Crippen LogP contribution < -0.4 is 10.5 Å². The zero-order chi connectivity index (χ0) is 15.5. The van der Waals surface area contributed by atoms with Gasteiger partial charge in [-0.15, -0.1) is 0 Å². The average Bonchev–Trinajstić information content (AvgIpc) is 2.92. The van der Waals surface area contributed by atoms with Gasteiger partial charge in [-0.2, -0.15) is 0 Å². The lowest BCUT2D eigenvalue weighted by atomic mass is 10.3. The van der Waals surface area contributed by atoms with Crippen molar-refractivity contribution < 1.29 is 17.2 Å². The summed E-state index contributed by atoms with van der Waals surface area (Å²) in [6.07, 6.45) is 5.42. The summed E-state index contributed by atoms with van der Waals surface area (Å²) in [5, 5.41) is 0. The quantitative estimate of drug-likeness (QED) is 0.617. The SMILES string of the molecule is Nc1cc(F)c(F)c(S(=O)(=O)NCCCn2ccnc2)c1. The first-order valence-electron chi connectivity index (χ1n) is 6.10. The maximum Gasteiger partial charge on any atom is 0.243 e. The Labute approximate surface area is 120 Å². The Bertz CT molecular complexity index is 717. The van der Waals surface area contributed by atoms with E-state index in [2.05, 4.69) is 9.71 Å². The van der Waals surface area contributed by atoms with E-state index >= 15 is 0 Å². The van der Waals surface area contributed by atoms with Gasteiger partial charge in [0.25, 0.3) is 0 Å². The van der Waals surface area contributed by atoms with Gasteiger partial charge in [0, 0.05) is 31.2 Å². The first-order valence-corrected chi connectivity index (χ1v) is 7.58. The van der Waals surface area contributed by atoms with E-state index in [-0.39, 0.29) is 12.2 Å². The largest absolute Gasteiger partial charge is 0.399 e. The fourth-order valence-corrected chi connectivity index (χ4v) is 2.94. The van der Waals surface area contributed by atoms with Gasteiger partial charge in [0.15, 0.2) is 11.6 Å². The first kappa shape index (κ1) is 15.4. The lowest BCUT2D eigenvalue weighted by Gasteiger charge is -2.09. The predicted molar refractivity (Wildman–Crippen MR) is 72.8 cm³/mol. The molecule has 0 amide bonds. The lowest BCUT2D eigenvalue weighted by molar-refractivity contribution is 0.483. The topological polar surface area (TPSA) is 90.0 Å². The number of hydrogen-bond acceptors (Lipinski definition) is 4. The molecule has 114 valence electrons. The summed E-state index contributed by atoms with van der Waals surface area (Å²) in [5.41, 5.74) is 5.18. The molecule has 21 heavy (non-hydrogen) atoms. The van der Waals surface area contributed by atoms with Crippen molar-refractivity contribution in [3.8, 4) is 0 Å². The number of nitrogens with zero attached hydrogens (tertiary/aromatic N) is 2. The molecule has 2 rings (SSSR count). The third-order valence-electron chi connectivity index (χ3n) is 2.75. The third kappa shape index (κ3) is 3.76. The van der Waals surface area contributed by atoms with Gasteiger partial charge in [-0.25, -0.2) is 26.9 Å². The minimum absolute atomic E-state index is 0.0797. The van der Waals surface area contributed by atoms with Gasteiger partial charge in [0.2, 0.25) is 10.0 Å². The number of halogens is 2. The maximum atomic E-state index is 13.5. The van der Waals surface area contributed by atoms with Crippen molar-refractivity contribution in [2.24, 2.45) is 0 Å². The molecular weight excluding hydrogens is 302 g/mol. The van der Waals surface area contributed by atoms with Crippen LogP contribution in [0.1, 0.15) is 6.42 Å². The summed E-state index contributed by atoms with van der Waals surface area (Å²) >= 11 is 0. The van der Waals surface area contributed by atoms with Gasteiger partial charge in [0.1, 0.15) is 4.90 Å². The molecule has 6 nitrogen and oxygen atoms in total. The highest BCUT2D eigenvalue weighted by Crippen LogP contribution is 2.20. The molecule has 0 saturated heterocycles. The van der Waals surface area contributed by atoms with Crippen LogP contribution in [0.3, 0.4) is 0 Å². The fraction of sp³-hybridized carbons (Fsp3) is 0.250. The van der Waals surface area contributed by atoms with Crippen LogP contribution in [0.25, 0.3) is 0 Å². The van der Waals surface area contributed by atoms with Crippen LogP contribution in [0.4, 0.5) is 14.5 Å². The monoisotopic (exact) mass is 316 g/mol. The molecule has 9 heteroatoms. The second kappa shape index (κ2) is 6.19. The number of anilines is 1. The second-order valence-corrected chi connectivity index (χ2v) is 6.10. The number of benzene rings is 1. The molecule has 3 N–H and O–H groups in total. The molecule has 0 aliphatic carbocycles. The Morgan fingerprint density at radius 1 is 1.33 bits per heavy atom. The minimum atomic E-state index is -4.15. The zero-order valence-electron chi connectivity index (χ0n) is 11.0. The molecule has 0 aliphatic rings. The van der Waals surface area contributed by atoms with Gasteiger partial charge in [-0.3, -0.25) is 0 Å². The number of nitrogens with two attached hydrogens (primary N) is 1. The van der Waals surface area contributed by atoms with Gasteiger partial charge in [0.05, 0.1) is 6.33 Å². The van der Waals surface area contributed by atoms with E-state index in [1.807, 2.05) is 0 Å². The number of rotatable bonds is 6. The molecule has 1 heterocycles. The van der Waals surface area contributed by atoms with E-state index in [1.165, 1.54) is 0 Å². The molecule has 0 unspecified atom stereocenters. The Kier molecular flexibility index (Phi) is 4.53. The Morgan fingerprint density at radius 3 is 2.76 bits per heavy atom. The molecular formula is C12H14F2N4O2S.